The number of rotatable bonds is 9. The number of halogens is 2. The standard InChI is InChI=1S/C12H27ClSi.FH/c1-4-5-6-7-8-9-10-11-12-14(2,3)13;/h4-12H2,1-3H3;1H. The van der Waals surface area contributed by atoms with Crippen LogP contribution in [0, 0.1) is 0 Å². The third-order valence-electron chi connectivity index (χ3n) is 2.62. The molecule has 0 amide bonds. The highest BCUT2D eigenvalue weighted by molar-refractivity contribution is 7.19. The Balaban J connectivity index is 0. The van der Waals surface area contributed by atoms with Crippen molar-refractivity contribution in [3.05, 3.63) is 0 Å². The average molecular weight is 255 g/mol. The molecule has 0 saturated carbocycles. The van der Waals surface area contributed by atoms with E-state index < -0.39 is 7.38 Å². The second-order valence-electron chi connectivity index (χ2n) is 4.94. The molecule has 3 heteroatoms. The van der Waals surface area contributed by atoms with Gasteiger partial charge in [0, 0.05) is 0 Å². The van der Waals surface area contributed by atoms with Crippen LogP contribution >= 0.6 is 11.1 Å². The lowest BCUT2D eigenvalue weighted by Crippen LogP contribution is -2.14. The van der Waals surface area contributed by atoms with E-state index in [1.807, 2.05) is 0 Å². The van der Waals surface area contributed by atoms with Gasteiger partial charge >= 0.3 is 0 Å². The van der Waals surface area contributed by atoms with Crippen LogP contribution in [0.3, 0.4) is 0 Å². The molecule has 0 aliphatic heterocycles. The maximum atomic E-state index is 6.25. The number of hydrogen-bond acceptors (Lipinski definition) is 0. The zero-order chi connectivity index (χ0) is 10.9. The Morgan fingerprint density at radius 1 is 0.800 bits per heavy atom. The molecule has 0 unspecified atom stereocenters. The van der Waals surface area contributed by atoms with Gasteiger partial charge in [0.1, 0.15) is 7.38 Å². The van der Waals surface area contributed by atoms with Gasteiger partial charge in [-0.15, -0.1) is 0 Å². The summed E-state index contributed by atoms with van der Waals surface area (Å²) in [5.41, 5.74) is 0. The Kier molecular flexibility index (Phi) is 13.0. The third kappa shape index (κ3) is 17.1. The quantitative estimate of drug-likeness (QED) is 0.280. The van der Waals surface area contributed by atoms with Gasteiger partial charge in [0.05, 0.1) is 0 Å². The monoisotopic (exact) mass is 254 g/mol. The summed E-state index contributed by atoms with van der Waals surface area (Å²) in [5.74, 6) is 0. The average Bonchev–Trinajstić information content (AvgIpc) is 2.08. The van der Waals surface area contributed by atoms with Gasteiger partial charge in [0.25, 0.3) is 0 Å². The first-order valence-corrected chi connectivity index (χ1v) is 10.5. The molecule has 0 aromatic carbocycles. The van der Waals surface area contributed by atoms with Crippen LogP contribution in [0.5, 0.6) is 0 Å². The minimum Gasteiger partial charge on any atom is -0.269 e. The molecule has 0 bridgehead atoms. The van der Waals surface area contributed by atoms with E-state index in [1.165, 1.54) is 57.4 Å². The van der Waals surface area contributed by atoms with Gasteiger partial charge in [-0.3, -0.25) is 4.70 Å². The second-order valence-corrected chi connectivity index (χ2v) is 12.0. The van der Waals surface area contributed by atoms with Gasteiger partial charge in [-0.25, -0.2) is 0 Å². The van der Waals surface area contributed by atoms with Crippen LogP contribution in [0.25, 0.3) is 0 Å². The lowest BCUT2D eigenvalue weighted by molar-refractivity contribution is 0.584. The summed E-state index contributed by atoms with van der Waals surface area (Å²) >= 11 is 6.25. The Labute approximate surface area is 101 Å². The summed E-state index contributed by atoms with van der Waals surface area (Å²) < 4.78 is 0. The van der Waals surface area contributed by atoms with Crippen LogP contribution in [0.1, 0.15) is 58.3 Å². The van der Waals surface area contributed by atoms with Crippen LogP contribution in [0.15, 0.2) is 0 Å². The molecule has 94 valence electrons. The van der Waals surface area contributed by atoms with Crippen molar-refractivity contribution in [2.24, 2.45) is 0 Å². The molecule has 0 atom stereocenters. The third-order valence-corrected chi connectivity index (χ3v) is 4.73. The van der Waals surface area contributed by atoms with Gasteiger partial charge in [-0.2, -0.15) is 11.1 Å². The molecule has 0 aromatic heterocycles. The Bertz CT molecular complexity index is 123. The van der Waals surface area contributed by atoms with Crippen molar-refractivity contribution in [2.45, 2.75) is 77.4 Å². The van der Waals surface area contributed by atoms with Crippen molar-refractivity contribution in [3.8, 4) is 0 Å². The van der Waals surface area contributed by atoms with E-state index in [1.54, 1.807) is 0 Å². The van der Waals surface area contributed by atoms with Crippen LogP contribution in [0.4, 0.5) is 4.70 Å². The summed E-state index contributed by atoms with van der Waals surface area (Å²) in [4.78, 5) is 0. The smallest absolute Gasteiger partial charge is 0.150 e. The summed E-state index contributed by atoms with van der Waals surface area (Å²) in [7, 11) is -1.27. The number of hydrogen-bond donors (Lipinski definition) is 0. The lowest BCUT2D eigenvalue weighted by Gasteiger charge is -2.11. The van der Waals surface area contributed by atoms with E-state index in [-0.39, 0.29) is 4.70 Å². The summed E-state index contributed by atoms with van der Waals surface area (Å²) in [6.45, 7) is 6.76. The van der Waals surface area contributed by atoms with Crippen LogP contribution in [-0.2, 0) is 0 Å². The zero-order valence-electron chi connectivity index (χ0n) is 10.7. The van der Waals surface area contributed by atoms with Crippen molar-refractivity contribution >= 4 is 18.5 Å². The topological polar surface area (TPSA) is 0 Å². The second kappa shape index (κ2) is 10.9. The van der Waals surface area contributed by atoms with Crippen molar-refractivity contribution in [2.75, 3.05) is 0 Å². The van der Waals surface area contributed by atoms with Gasteiger partial charge in [-0.05, 0) is 6.04 Å². The largest absolute Gasteiger partial charge is 0.269 e. The normalized spacial score (nSPS) is 11.2. The summed E-state index contributed by atoms with van der Waals surface area (Å²) in [6.07, 6.45) is 11.3. The van der Waals surface area contributed by atoms with E-state index in [2.05, 4.69) is 20.0 Å². The highest BCUT2D eigenvalue weighted by Gasteiger charge is 2.15. The Hall–Kier alpha value is 0.437. The molecule has 0 spiro atoms. The zero-order valence-corrected chi connectivity index (χ0v) is 12.4. The van der Waals surface area contributed by atoms with Crippen molar-refractivity contribution < 1.29 is 4.70 Å². The minimum absolute atomic E-state index is 0. The summed E-state index contributed by atoms with van der Waals surface area (Å²) in [6, 6.07) is 1.30. The minimum atomic E-state index is -1.27. The fourth-order valence-electron chi connectivity index (χ4n) is 1.68. The van der Waals surface area contributed by atoms with Gasteiger partial charge < -0.3 is 0 Å². The van der Waals surface area contributed by atoms with E-state index >= 15 is 0 Å². The highest BCUT2D eigenvalue weighted by Crippen LogP contribution is 2.19. The van der Waals surface area contributed by atoms with E-state index in [9.17, 15) is 0 Å². The van der Waals surface area contributed by atoms with Crippen LogP contribution in [-0.4, -0.2) is 7.38 Å². The fraction of sp³-hybridized carbons (Fsp3) is 1.00. The molecule has 0 aromatic rings. The molecule has 0 radical (unpaired) electrons. The Morgan fingerprint density at radius 3 is 1.60 bits per heavy atom. The molecule has 15 heavy (non-hydrogen) atoms. The number of unbranched alkanes of at least 4 members (excludes halogenated alkanes) is 7. The van der Waals surface area contributed by atoms with Crippen LogP contribution < -0.4 is 0 Å². The van der Waals surface area contributed by atoms with Crippen molar-refractivity contribution in [3.63, 3.8) is 0 Å². The van der Waals surface area contributed by atoms with Crippen molar-refractivity contribution in [1.82, 2.24) is 0 Å². The fourth-order valence-corrected chi connectivity index (χ4v) is 3.17. The molecular formula is C12H28ClFSi. The first-order valence-electron chi connectivity index (χ1n) is 6.25. The maximum absolute atomic E-state index is 6.25. The molecule has 0 nitrogen and oxygen atoms in total. The lowest BCUT2D eigenvalue weighted by atomic mass is 10.1. The van der Waals surface area contributed by atoms with Gasteiger partial charge in [0.2, 0.25) is 0 Å². The molecule has 0 heterocycles. The predicted octanol–water partition coefficient (Wildman–Crippen LogP) is 5.72. The van der Waals surface area contributed by atoms with E-state index in [0.29, 0.717) is 0 Å². The van der Waals surface area contributed by atoms with E-state index in [4.69, 9.17) is 11.1 Å². The molecule has 0 N–H and O–H groups in total. The molecule has 0 fully saturated rings. The SMILES string of the molecule is CCCCCCCCCC[Si](C)(C)Cl.F. The van der Waals surface area contributed by atoms with Gasteiger partial charge in [-0.1, -0.05) is 71.4 Å². The molecule has 0 rings (SSSR count). The predicted molar refractivity (Wildman–Crippen MR) is 73.3 cm³/mol. The molecule has 0 saturated heterocycles. The molecule has 0 aliphatic rings. The maximum Gasteiger partial charge on any atom is 0.150 e. The van der Waals surface area contributed by atoms with E-state index in [0.717, 1.165) is 0 Å². The summed E-state index contributed by atoms with van der Waals surface area (Å²) in [5, 5.41) is 0. The van der Waals surface area contributed by atoms with Crippen LogP contribution in [0.2, 0.25) is 19.1 Å². The van der Waals surface area contributed by atoms with Gasteiger partial charge in [0.15, 0.2) is 0 Å². The molecular weight excluding hydrogens is 227 g/mol. The highest BCUT2D eigenvalue weighted by atomic mass is 35.6. The van der Waals surface area contributed by atoms with Crippen molar-refractivity contribution in [1.29, 1.82) is 0 Å². The Morgan fingerprint density at radius 2 is 1.20 bits per heavy atom. The molecule has 0 aliphatic carbocycles. The first-order chi connectivity index (χ1) is 6.56. The first kappa shape index (κ1) is 17.8.